The Labute approximate surface area is 174 Å². The van der Waals surface area contributed by atoms with E-state index in [-0.39, 0.29) is 18.8 Å². The highest BCUT2D eigenvalue weighted by molar-refractivity contribution is 5.16. The van der Waals surface area contributed by atoms with Gasteiger partial charge in [-0.15, -0.1) is 6.58 Å². The Morgan fingerprint density at radius 3 is 2.19 bits per heavy atom. The van der Waals surface area contributed by atoms with Crippen molar-refractivity contribution >= 4 is 0 Å². The number of halogens is 6. The lowest BCUT2D eigenvalue weighted by Gasteiger charge is -2.41. The third-order valence-electron chi connectivity index (χ3n) is 6.78. The molecule has 0 aromatic rings. The predicted molar refractivity (Wildman–Crippen MR) is 91.9 cm³/mol. The fourth-order valence-electron chi connectivity index (χ4n) is 5.31. The smallest absolute Gasteiger partial charge is 0.367 e. The zero-order valence-electron chi connectivity index (χ0n) is 16.8. The Bertz CT molecular complexity index is 655. The van der Waals surface area contributed by atoms with Gasteiger partial charge in [0.1, 0.15) is 0 Å². The van der Waals surface area contributed by atoms with Crippen LogP contribution >= 0.6 is 0 Å². The number of alkyl halides is 6. The van der Waals surface area contributed by atoms with Crippen LogP contribution in [0.15, 0.2) is 12.7 Å². The highest BCUT2D eigenvalue weighted by Gasteiger charge is 2.74. The molecule has 2 aliphatic carbocycles. The van der Waals surface area contributed by atoms with Gasteiger partial charge < -0.3 is 29.5 Å². The molecule has 0 aromatic heterocycles. The van der Waals surface area contributed by atoms with Crippen molar-refractivity contribution in [1.82, 2.24) is 0 Å². The molecule has 6 nitrogen and oxygen atoms in total. The summed E-state index contributed by atoms with van der Waals surface area (Å²) in [6, 6.07) is 0. The van der Waals surface area contributed by atoms with Crippen molar-refractivity contribution in [3.63, 3.8) is 0 Å². The Hall–Kier alpha value is -0.920. The third kappa shape index (κ3) is 4.10. The van der Waals surface area contributed by atoms with Crippen LogP contribution in [0, 0.1) is 29.1 Å². The summed E-state index contributed by atoms with van der Waals surface area (Å²) in [5.41, 5.74) is -1.86. The number of aliphatic hydroxyl groups is 3. The van der Waals surface area contributed by atoms with Crippen LogP contribution in [0.3, 0.4) is 0 Å². The third-order valence-corrected chi connectivity index (χ3v) is 6.78. The van der Waals surface area contributed by atoms with Crippen LogP contribution in [0.1, 0.15) is 26.7 Å². The fourth-order valence-corrected chi connectivity index (χ4v) is 5.31. The topological polar surface area (TPSA) is 88.4 Å². The zero-order valence-corrected chi connectivity index (χ0v) is 16.8. The van der Waals surface area contributed by atoms with Crippen molar-refractivity contribution in [2.75, 3.05) is 0 Å². The lowest BCUT2D eigenvalue weighted by Crippen LogP contribution is -2.54. The van der Waals surface area contributed by atoms with E-state index in [0.29, 0.717) is 0 Å². The number of aliphatic hydroxyl groups excluding tert-OH is 3. The van der Waals surface area contributed by atoms with E-state index in [1.807, 2.05) is 13.8 Å². The van der Waals surface area contributed by atoms with E-state index in [9.17, 15) is 41.7 Å². The molecule has 3 fully saturated rings. The van der Waals surface area contributed by atoms with Gasteiger partial charge >= 0.3 is 12.4 Å². The number of rotatable bonds is 8. The predicted octanol–water partition coefficient (Wildman–Crippen LogP) is 2.72. The molecule has 1 heterocycles. The van der Waals surface area contributed by atoms with Gasteiger partial charge in [0.25, 0.3) is 6.10 Å². The van der Waals surface area contributed by atoms with Gasteiger partial charge in [0.2, 0.25) is 0 Å². The monoisotopic (exact) mass is 464 g/mol. The van der Waals surface area contributed by atoms with Crippen LogP contribution in [0.5, 0.6) is 0 Å². The average molecular weight is 464 g/mol. The molecule has 180 valence electrons. The molecule has 3 N–H and O–H groups in total. The number of ether oxygens (including phenoxy) is 3. The van der Waals surface area contributed by atoms with Crippen molar-refractivity contribution in [1.29, 1.82) is 0 Å². The molecule has 1 aliphatic heterocycles. The molecule has 9 atom stereocenters. The summed E-state index contributed by atoms with van der Waals surface area (Å²) >= 11 is 0. The SMILES string of the molecule is C=CC(C(C)C)C(O)OC1C2CC3C1OC(O)C3(C(O)OC(C(F)(F)F)C(F)(F)F)C2. The Morgan fingerprint density at radius 2 is 1.71 bits per heavy atom. The molecule has 0 amide bonds. The van der Waals surface area contributed by atoms with Crippen molar-refractivity contribution in [3.05, 3.63) is 12.7 Å². The van der Waals surface area contributed by atoms with E-state index in [2.05, 4.69) is 11.3 Å². The standard InChI is InChI=1S/C19H26F6O6/c1-4-9(7(2)3)13(26)29-11-8-5-10-12(11)30-15(27)17(10,6-8)16(28)31-14(18(20,21)22)19(23,24)25/h4,7-16,26-28H,1,5-6H2,2-3H3. The summed E-state index contributed by atoms with van der Waals surface area (Å²) in [5.74, 6) is -1.71. The summed E-state index contributed by atoms with van der Waals surface area (Å²) < 4.78 is 92.4. The highest BCUT2D eigenvalue weighted by atomic mass is 19.4. The van der Waals surface area contributed by atoms with E-state index in [0.717, 1.165) is 0 Å². The normalized spacial score (nSPS) is 38.2. The van der Waals surface area contributed by atoms with Crippen LogP contribution in [0.2, 0.25) is 0 Å². The molecule has 0 radical (unpaired) electrons. The number of fused-ring (bicyclic) bond motifs is 1. The minimum atomic E-state index is -5.80. The molecule has 0 aromatic carbocycles. The molecule has 1 saturated heterocycles. The van der Waals surface area contributed by atoms with E-state index < -0.39 is 72.7 Å². The molecule has 31 heavy (non-hydrogen) atoms. The first-order valence-electron chi connectivity index (χ1n) is 9.91. The lowest BCUT2D eigenvalue weighted by atomic mass is 9.72. The highest BCUT2D eigenvalue weighted by Crippen LogP contribution is 2.66. The van der Waals surface area contributed by atoms with Gasteiger partial charge in [0.05, 0.1) is 17.6 Å². The molecule has 12 heteroatoms. The lowest BCUT2D eigenvalue weighted by molar-refractivity contribution is -0.369. The average Bonchev–Trinajstić information content (AvgIpc) is 3.20. The van der Waals surface area contributed by atoms with Crippen LogP contribution < -0.4 is 0 Å². The molecule has 0 spiro atoms. The van der Waals surface area contributed by atoms with Gasteiger partial charge in [-0.3, -0.25) is 0 Å². The van der Waals surface area contributed by atoms with Crippen molar-refractivity contribution in [2.24, 2.45) is 29.1 Å². The summed E-state index contributed by atoms with van der Waals surface area (Å²) in [7, 11) is 0. The zero-order chi connectivity index (χ0) is 23.5. The minimum absolute atomic E-state index is 0.0165. The summed E-state index contributed by atoms with van der Waals surface area (Å²) in [4.78, 5) is 0. The van der Waals surface area contributed by atoms with Gasteiger partial charge in [-0.05, 0) is 24.7 Å². The van der Waals surface area contributed by atoms with Gasteiger partial charge in [-0.25, -0.2) is 0 Å². The molecular formula is C19H26F6O6. The van der Waals surface area contributed by atoms with Gasteiger partial charge in [0.15, 0.2) is 18.9 Å². The number of hydrogen-bond acceptors (Lipinski definition) is 6. The van der Waals surface area contributed by atoms with Crippen molar-refractivity contribution in [2.45, 2.75) is 76.2 Å². The molecule has 9 unspecified atom stereocenters. The van der Waals surface area contributed by atoms with Gasteiger partial charge in [0, 0.05) is 11.8 Å². The first kappa shape index (κ1) is 24.7. The Kier molecular flexibility index (Phi) is 6.49. The first-order valence-corrected chi connectivity index (χ1v) is 9.91. The van der Waals surface area contributed by atoms with E-state index in [4.69, 9.17) is 9.47 Å². The molecule has 3 rings (SSSR count). The van der Waals surface area contributed by atoms with Crippen molar-refractivity contribution < 1.29 is 55.9 Å². The molecule has 3 aliphatic rings. The Morgan fingerprint density at radius 1 is 1.13 bits per heavy atom. The van der Waals surface area contributed by atoms with Crippen LogP contribution in [0.25, 0.3) is 0 Å². The second-order valence-corrected chi connectivity index (χ2v) is 8.87. The van der Waals surface area contributed by atoms with E-state index >= 15 is 0 Å². The maximum absolute atomic E-state index is 12.9. The molecule has 2 saturated carbocycles. The fraction of sp³-hybridized carbons (Fsp3) is 0.895. The maximum Gasteiger partial charge on any atom is 0.423 e. The number of hydrogen-bond donors (Lipinski definition) is 3. The van der Waals surface area contributed by atoms with Gasteiger partial charge in [-0.2, -0.15) is 26.3 Å². The van der Waals surface area contributed by atoms with Gasteiger partial charge in [-0.1, -0.05) is 19.9 Å². The quantitative estimate of drug-likeness (QED) is 0.291. The summed E-state index contributed by atoms with van der Waals surface area (Å²) in [5, 5.41) is 31.1. The second-order valence-electron chi connectivity index (χ2n) is 8.87. The van der Waals surface area contributed by atoms with Crippen molar-refractivity contribution in [3.8, 4) is 0 Å². The molecular weight excluding hydrogens is 438 g/mol. The van der Waals surface area contributed by atoms with E-state index in [1.165, 1.54) is 6.08 Å². The van der Waals surface area contributed by atoms with Crippen LogP contribution in [-0.2, 0) is 14.2 Å². The maximum atomic E-state index is 12.9. The van der Waals surface area contributed by atoms with Crippen LogP contribution in [-0.4, -0.2) is 64.9 Å². The molecule has 2 bridgehead atoms. The largest absolute Gasteiger partial charge is 0.423 e. The summed E-state index contributed by atoms with van der Waals surface area (Å²) in [6.07, 6.45) is -21.6. The van der Waals surface area contributed by atoms with E-state index in [1.54, 1.807) is 0 Å². The second kappa shape index (κ2) is 8.14. The van der Waals surface area contributed by atoms with Crippen LogP contribution in [0.4, 0.5) is 26.3 Å². The minimum Gasteiger partial charge on any atom is -0.367 e. The Balaban J connectivity index is 1.77. The first-order chi connectivity index (χ1) is 14.1. The summed E-state index contributed by atoms with van der Waals surface area (Å²) in [6.45, 7) is 7.32.